The number of nitrogens with one attached hydrogen (secondary N) is 1. The first-order chi connectivity index (χ1) is 10.5. The fraction of sp³-hybridized carbons (Fsp3) is 0.400. The van der Waals surface area contributed by atoms with Gasteiger partial charge in [0.25, 0.3) is 0 Å². The first-order valence-electron chi connectivity index (χ1n) is 6.83. The Labute approximate surface area is 126 Å². The lowest BCUT2D eigenvalue weighted by molar-refractivity contribution is -0.115. The number of hydrogen-bond donors (Lipinski definition) is 1. The van der Waals surface area contributed by atoms with Crippen LogP contribution in [0.4, 0.5) is 20.2 Å². The van der Waals surface area contributed by atoms with Gasteiger partial charge in [-0.3, -0.25) is 4.79 Å². The van der Waals surface area contributed by atoms with Crippen LogP contribution in [0.5, 0.6) is 0 Å². The number of halogens is 2. The molecule has 118 valence electrons. The van der Waals surface area contributed by atoms with Crippen LogP contribution >= 0.6 is 0 Å². The van der Waals surface area contributed by atoms with Gasteiger partial charge in [-0.25, -0.2) is 13.6 Å². The van der Waals surface area contributed by atoms with Gasteiger partial charge in [0.2, 0.25) is 5.91 Å². The lowest BCUT2D eigenvalue weighted by Crippen LogP contribution is -2.37. The van der Waals surface area contributed by atoms with Crippen molar-refractivity contribution in [1.29, 1.82) is 0 Å². The molecule has 1 fully saturated rings. The van der Waals surface area contributed by atoms with Crippen molar-refractivity contribution in [3.63, 3.8) is 0 Å². The molecule has 1 aliphatic rings. The molecule has 0 aromatic heterocycles. The molecule has 1 saturated heterocycles. The Hall–Kier alpha value is -2.24. The third-order valence-corrected chi connectivity index (χ3v) is 3.23. The van der Waals surface area contributed by atoms with Crippen molar-refractivity contribution in [2.24, 2.45) is 0 Å². The second-order valence-corrected chi connectivity index (χ2v) is 5.00. The number of rotatable bonds is 4. The maximum absolute atomic E-state index is 14.1. The second-order valence-electron chi connectivity index (χ2n) is 5.00. The van der Waals surface area contributed by atoms with E-state index < -0.39 is 17.5 Å². The van der Waals surface area contributed by atoms with E-state index in [0.29, 0.717) is 26.3 Å². The molecule has 0 bridgehead atoms. The van der Waals surface area contributed by atoms with Gasteiger partial charge >= 0.3 is 0 Å². The van der Waals surface area contributed by atoms with E-state index in [-0.39, 0.29) is 23.4 Å². The summed E-state index contributed by atoms with van der Waals surface area (Å²) in [5, 5.41) is 2.36. The Bertz CT molecular complexity index is 598. The third kappa shape index (κ3) is 3.90. The quantitative estimate of drug-likeness (QED) is 0.863. The molecule has 1 aromatic rings. The summed E-state index contributed by atoms with van der Waals surface area (Å²) in [6, 6.07) is 2.12. The first-order valence-corrected chi connectivity index (χ1v) is 6.83. The molecule has 0 atom stereocenters. The maximum Gasteiger partial charge on any atom is 0.229 e. The second kappa shape index (κ2) is 7.15. The van der Waals surface area contributed by atoms with Crippen molar-refractivity contribution in [2.75, 3.05) is 36.5 Å². The number of benzene rings is 1. The summed E-state index contributed by atoms with van der Waals surface area (Å²) in [6.45, 7) is 3.09. The molecule has 22 heavy (non-hydrogen) atoms. The van der Waals surface area contributed by atoms with Crippen LogP contribution in [-0.2, 0) is 14.3 Å². The predicted octanol–water partition coefficient (Wildman–Crippen LogP) is 1.91. The van der Waals surface area contributed by atoms with Gasteiger partial charge in [-0.1, -0.05) is 0 Å². The normalized spacial score (nSPS) is 14.4. The number of anilines is 2. The maximum atomic E-state index is 14.1. The zero-order valence-corrected chi connectivity index (χ0v) is 12.1. The predicted molar refractivity (Wildman–Crippen MR) is 77.5 cm³/mol. The fourth-order valence-electron chi connectivity index (χ4n) is 2.21. The molecule has 5 nitrogen and oxygen atoms in total. The molecule has 0 spiro atoms. The van der Waals surface area contributed by atoms with Crippen LogP contribution in [0.25, 0.3) is 0 Å². The minimum absolute atomic E-state index is 0.00992. The number of ether oxygens (including phenoxy) is 1. The highest BCUT2D eigenvalue weighted by Gasteiger charge is 2.20. The molecule has 0 unspecified atom stereocenters. The molecular formula is C15H16F2N2O3. The van der Waals surface area contributed by atoms with Crippen molar-refractivity contribution < 1.29 is 23.1 Å². The van der Waals surface area contributed by atoms with E-state index in [1.807, 2.05) is 0 Å². The van der Waals surface area contributed by atoms with Gasteiger partial charge in [0.1, 0.15) is 11.6 Å². The minimum atomic E-state index is -0.750. The van der Waals surface area contributed by atoms with Gasteiger partial charge in [0.05, 0.1) is 19.6 Å². The third-order valence-electron chi connectivity index (χ3n) is 3.23. The first kappa shape index (κ1) is 16.1. The number of morpholine rings is 1. The summed E-state index contributed by atoms with van der Waals surface area (Å²) in [6.07, 6.45) is -0.169. The van der Waals surface area contributed by atoms with Gasteiger partial charge in [0, 0.05) is 24.4 Å². The van der Waals surface area contributed by atoms with Crippen LogP contribution < -0.4 is 10.2 Å². The van der Waals surface area contributed by atoms with E-state index in [4.69, 9.17) is 4.74 Å². The Morgan fingerprint density at radius 3 is 2.45 bits per heavy atom. The Kier molecular flexibility index (Phi) is 5.25. The van der Waals surface area contributed by atoms with Gasteiger partial charge in [-0.2, -0.15) is 0 Å². The fourth-order valence-corrected chi connectivity index (χ4v) is 2.21. The number of amides is 1. The van der Waals surface area contributed by atoms with Crippen LogP contribution in [0.15, 0.2) is 17.7 Å². The van der Waals surface area contributed by atoms with Crippen LogP contribution in [0.3, 0.4) is 0 Å². The van der Waals surface area contributed by atoms with Crippen LogP contribution in [0.2, 0.25) is 0 Å². The van der Waals surface area contributed by atoms with Crippen molar-refractivity contribution in [3.8, 4) is 0 Å². The summed E-state index contributed by atoms with van der Waals surface area (Å²) in [7, 11) is 0. The number of carbonyl (C=O) groups excluding carboxylic acids is 2. The lowest BCUT2D eigenvalue weighted by Gasteiger charge is -2.29. The topological polar surface area (TPSA) is 58.6 Å². The molecule has 0 aliphatic carbocycles. The summed E-state index contributed by atoms with van der Waals surface area (Å²) < 4.78 is 33.4. The largest absolute Gasteiger partial charge is 0.378 e. The number of carbonyl (C=O) groups is 1. The van der Waals surface area contributed by atoms with Gasteiger partial charge < -0.3 is 15.0 Å². The minimum Gasteiger partial charge on any atom is -0.378 e. The zero-order chi connectivity index (χ0) is 16.1. The molecule has 1 aliphatic heterocycles. The smallest absolute Gasteiger partial charge is 0.229 e. The molecular weight excluding hydrogens is 294 g/mol. The molecule has 7 heteroatoms. The summed E-state index contributed by atoms with van der Waals surface area (Å²) in [5.74, 6) is -0.434. The molecule has 2 rings (SSSR count). The van der Waals surface area contributed by atoms with Crippen molar-refractivity contribution in [2.45, 2.75) is 13.3 Å². The van der Waals surface area contributed by atoms with E-state index in [0.717, 1.165) is 12.1 Å². The average Bonchev–Trinajstić information content (AvgIpc) is 2.47. The molecule has 1 N–H and O–H groups in total. The highest BCUT2D eigenvalue weighted by atomic mass is 19.1. The highest BCUT2D eigenvalue weighted by Crippen LogP contribution is 2.27. The van der Waals surface area contributed by atoms with E-state index in [2.05, 4.69) is 5.32 Å². The van der Waals surface area contributed by atoms with Crippen molar-refractivity contribution in [3.05, 3.63) is 29.3 Å². The molecule has 1 heterocycles. The van der Waals surface area contributed by atoms with E-state index in [9.17, 15) is 18.4 Å². The molecule has 0 radical (unpaired) electrons. The number of hydrogen-bond acceptors (Lipinski definition) is 4. The van der Waals surface area contributed by atoms with E-state index in [1.165, 1.54) is 6.92 Å². The van der Waals surface area contributed by atoms with Crippen molar-refractivity contribution >= 4 is 23.2 Å². The van der Waals surface area contributed by atoms with Gasteiger partial charge in [0.15, 0.2) is 11.6 Å². The average molecular weight is 310 g/mol. The van der Waals surface area contributed by atoms with Crippen LogP contribution in [0, 0.1) is 11.6 Å². The lowest BCUT2D eigenvalue weighted by atomic mass is 10.2. The van der Waals surface area contributed by atoms with Gasteiger partial charge in [-0.15, -0.1) is 0 Å². The van der Waals surface area contributed by atoms with Crippen molar-refractivity contribution in [1.82, 2.24) is 0 Å². The van der Waals surface area contributed by atoms with E-state index in [1.54, 1.807) is 10.8 Å². The van der Waals surface area contributed by atoms with Crippen LogP contribution in [0.1, 0.15) is 13.3 Å². The summed E-state index contributed by atoms with van der Waals surface area (Å²) in [4.78, 5) is 23.5. The zero-order valence-electron chi connectivity index (χ0n) is 12.1. The standard InChI is InChI=1S/C15H16F2N2O3/c1-10(9-20)6-14(21)18-11-7-12(16)15(13(17)8-11)19-2-4-22-5-3-19/h7-8H,2-6H2,1H3,(H,18,21). The van der Waals surface area contributed by atoms with Crippen LogP contribution in [-0.4, -0.2) is 38.2 Å². The molecule has 1 aromatic carbocycles. The SMILES string of the molecule is CC(=C=O)CC(=O)Nc1cc(F)c(N2CCOCC2)c(F)c1. The highest BCUT2D eigenvalue weighted by molar-refractivity contribution is 5.93. The van der Waals surface area contributed by atoms with E-state index >= 15 is 0 Å². The summed E-state index contributed by atoms with van der Waals surface area (Å²) in [5.41, 5.74) is 0.101. The number of nitrogens with zero attached hydrogens (tertiary/aromatic N) is 1. The molecule has 0 saturated carbocycles. The van der Waals surface area contributed by atoms with Gasteiger partial charge in [-0.05, 0) is 19.1 Å². The Morgan fingerprint density at radius 2 is 1.91 bits per heavy atom. The molecule has 1 amide bonds. The Balaban J connectivity index is 2.15. The summed E-state index contributed by atoms with van der Waals surface area (Å²) >= 11 is 0. The Morgan fingerprint density at radius 1 is 1.32 bits per heavy atom. The monoisotopic (exact) mass is 310 g/mol.